The van der Waals surface area contributed by atoms with Crippen LogP contribution in [0, 0.1) is 5.92 Å². The molecule has 2 aliphatic rings. The third-order valence-corrected chi connectivity index (χ3v) is 4.48. The summed E-state index contributed by atoms with van der Waals surface area (Å²) >= 11 is 0. The average molecular weight is 268 g/mol. The lowest BCUT2D eigenvalue weighted by atomic mass is 10.1. The Morgan fingerprint density at radius 3 is 2.95 bits per heavy atom. The number of rotatable bonds is 4. The number of anilines is 1. The van der Waals surface area contributed by atoms with Gasteiger partial charge in [0.15, 0.2) is 0 Å². The molecule has 0 bridgehead atoms. The summed E-state index contributed by atoms with van der Waals surface area (Å²) in [5, 5.41) is 4.65. The van der Waals surface area contributed by atoms with Crippen molar-refractivity contribution in [1.82, 2.24) is 14.9 Å². The molecule has 2 heterocycles. The van der Waals surface area contributed by atoms with E-state index in [1.54, 1.807) is 6.33 Å². The molecule has 1 aromatic heterocycles. The zero-order chi connectivity index (χ0) is 13.4. The predicted octanol–water partition coefficient (Wildman–Crippen LogP) is 2.53. The van der Waals surface area contributed by atoms with Gasteiger partial charge >= 0.3 is 0 Å². The lowest BCUT2D eigenvalue weighted by molar-refractivity contribution is 0.316. The smallest absolute Gasteiger partial charge is 0.137 e. The zero-order valence-electron chi connectivity index (χ0n) is 11.6. The van der Waals surface area contributed by atoms with Crippen molar-refractivity contribution in [1.29, 1.82) is 0 Å². The fourth-order valence-electron chi connectivity index (χ4n) is 3.19. The number of hydrogen-bond donors (Lipinski definition) is 1. The number of likely N-dealkylation sites (tertiary alicyclic amines) is 1. The second-order valence-corrected chi connectivity index (χ2v) is 6.00. The molecular weight excluding hydrogens is 248 g/mol. The van der Waals surface area contributed by atoms with Crippen LogP contribution in [-0.2, 0) is 0 Å². The molecule has 1 aliphatic carbocycles. The summed E-state index contributed by atoms with van der Waals surface area (Å²) in [6, 6.07) is 9.08. The van der Waals surface area contributed by atoms with Gasteiger partial charge in [-0.1, -0.05) is 12.1 Å². The molecule has 1 N–H and O–H groups in total. The Labute approximate surface area is 119 Å². The number of aromatic nitrogens is 2. The van der Waals surface area contributed by atoms with Crippen LogP contribution in [-0.4, -0.2) is 40.5 Å². The summed E-state index contributed by atoms with van der Waals surface area (Å²) in [5.41, 5.74) is 1.01. The Balaban J connectivity index is 1.43. The molecule has 1 aliphatic heterocycles. The van der Waals surface area contributed by atoms with E-state index in [1.807, 2.05) is 18.2 Å². The fourth-order valence-corrected chi connectivity index (χ4v) is 3.19. The molecule has 20 heavy (non-hydrogen) atoms. The lowest BCUT2D eigenvalue weighted by Crippen LogP contribution is -2.25. The molecule has 1 saturated carbocycles. The molecule has 0 amide bonds. The predicted molar refractivity (Wildman–Crippen MR) is 80.7 cm³/mol. The van der Waals surface area contributed by atoms with Crippen LogP contribution in [0.1, 0.15) is 19.3 Å². The largest absolute Gasteiger partial charge is 0.369 e. The zero-order valence-corrected chi connectivity index (χ0v) is 11.6. The first kappa shape index (κ1) is 12.1. The summed E-state index contributed by atoms with van der Waals surface area (Å²) in [4.78, 5) is 11.4. The van der Waals surface area contributed by atoms with Gasteiger partial charge in [0.1, 0.15) is 12.1 Å². The van der Waals surface area contributed by atoms with Crippen LogP contribution in [0.4, 0.5) is 5.82 Å². The van der Waals surface area contributed by atoms with Crippen LogP contribution in [0.2, 0.25) is 0 Å². The topological polar surface area (TPSA) is 41.0 Å². The lowest BCUT2D eigenvalue weighted by Gasteiger charge is -2.15. The number of hydrogen-bond acceptors (Lipinski definition) is 4. The molecule has 1 saturated heterocycles. The normalized spacial score (nSPS) is 23.3. The van der Waals surface area contributed by atoms with Crippen molar-refractivity contribution in [3.63, 3.8) is 0 Å². The van der Waals surface area contributed by atoms with Gasteiger partial charge in [-0.25, -0.2) is 9.97 Å². The van der Waals surface area contributed by atoms with Gasteiger partial charge in [0.05, 0.1) is 5.52 Å². The first-order valence-corrected chi connectivity index (χ1v) is 7.58. The van der Waals surface area contributed by atoms with Crippen molar-refractivity contribution >= 4 is 16.7 Å². The highest BCUT2D eigenvalue weighted by molar-refractivity contribution is 5.88. The Morgan fingerprint density at radius 1 is 1.15 bits per heavy atom. The van der Waals surface area contributed by atoms with E-state index in [0.29, 0.717) is 0 Å². The van der Waals surface area contributed by atoms with Gasteiger partial charge in [0, 0.05) is 24.5 Å². The van der Waals surface area contributed by atoms with E-state index in [4.69, 9.17) is 0 Å². The van der Waals surface area contributed by atoms with Crippen LogP contribution >= 0.6 is 0 Å². The second-order valence-electron chi connectivity index (χ2n) is 6.00. The molecule has 2 fully saturated rings. The van der Waals surface area contributed by atoms with E-state index in [0.717, 1.165) is 35.2 Å². The van der Waals surface area contributed by atoms with Crippen LogP contribution in [0.25, 0.3) is 10.9 Å². The Kier molecular flexibility index (Phi) is 3.03. The number of benzene rings is 1. The summed E-state index contributed by atoms with van der Waals surface area (Å²) < 4.78 is 0. The summed E-state index contributed by atoms with van der Waals surface area (Å²) in [7, 11) is 0. The third-order valence-electron chi connectivity index (χ3n) is 4.48. The van der Waals surface area contributed by atoms with Crippen molar-refractivity contribution in [3.05, 3.63) is 30.6 Å². The van der Waals surface area contributed by atoms with Crippen LogP contribution in [0.5, 0.6) is 0 Å². The van der Waals surface area contributed by atoms with Crippen molar-refractivity contribution in [2.45, 2.75) is 25.3 Å². The summed E-state index contributed by atoms with van der Waals surface area (Å²) in [6.45, 7) is 3.55. The molecule has 4 rings (SSSR count). The van der Waals surface area contributed by atoms with E-state index in [-0.39, 0.29) is 0 Å². The van der Waals surface area contributed by atoms with Crippen molar-refractivity contribution in [2.24, 2.45) is 5.92 Å². The van der Waals surface area contributed by atoms with Crippen LogP contribution < -0.4 is 5.32 Å². The maximum absolute atomic E-state index is 4.40. The molecule has 1 unspecified atom stereocenters. The Hall–Kier alpha value is -1.68. The van der Waals surface area contributed by atoms with Crippen LogP contribution in [0.3, 0.4) is 0 Å². The minimum atomic E-state index is 0.754. The fraction of sp³-hybridized carbons (Fsp3) is 0.500. The number of para-hydroxylation sites is 1. The van der Waals surface area contributed by atoms with E-state index < -0.39 is 0 Å². The number of nitrogens with one attached hydrogen (secondary N) is 1. The first-order valence-electron chi connectivity index (χ1n) is 7.58. The molecule has 0 radical (unpaired) electrons. The molecular formula is C16H20N4. The van der Waals surface area contributed by atoms with E-state index in [9.17, 15) is 0 Å². The SMILES string of the molecule is c1ccc2c(NCC3CCN(C4CC4)C3)ncnc2c1. The summed E-state index contributed by atoms with van der Waals surface area (Å²) in [6.07, 6.45) is 5.79. The van der Waals surface area contributed by atoms with Gasteiger partial charge in [-0.15, -0.1) is 0 Å². The van der Waals surface area contributed by atoms with Gasteiger partial charge in [-0.2, -0.15) is 0 Å². The molecule has 2 aromatic rings. The molecule has 4 nitrogen and oxygen atoms in total. The molecule has 1 atom stereocenters. The van der Waals surface area contributed by atoms with E-state index >= 15 is 0 Å². The highest BCUT2D eigenvalue weighted by Crippen LogP contribution is 2.31. The maximum atomic E-state index is 4.40. The van der Waals surface area contributed by atoms with Crippen molar-refractivity contribution in [2.75, 3.05) is 25.0 Å². The van der Waals surface area contributed by atoms with Gasteiger partial charge in [-0.05, 0) is 43.9 Å². The minimum Gasteiger partial charge on any atom is -0.369 e. The maximum Gasteiger partial charge on any atom is 0.137 e. The Morgan fingerprint density at radius 2 is 2.05 bits per heavy atom. The number of nitrogens with zero attached hydrogens (tertiary/aromatic N) is 3. The van der Waals surface area contributed by atoms with Gasteiger partial charge in [0.2, 0.25) is 0 Å². The Bertz CT molecular complexity index is 603. The quantitative estimate of drug-likeness (QED) is 0.925. The monoisotopic (exact) mass is 268 g/mol. The second kappa shape index (κ2) is 5.02. The molecule has 4 heteroatoms. The number of fused-ring (bicyclic) bond motifs is 1. The van der Waals surface area contributed by atoms with Gasteiger partial charge < -0.3 is 10.2 Å². The van der Waals surface area contributed by atoms with Gasteiger partial charge in [0.25, 0.3) is 0 Å². The minimum absolute atomic E-state index is 0.754. The molecule has 104 valence electrons. The molecule has 1 aromatic carbocycles. The summed E-state index contributed by atoms with van der Waals surface area (Å²) in [5.74, 6) is 1.73. The molecule has 0 spiro atoms. The first-order chi connectivity index (χ1) is 9.90. The van der Waals surface area contributed by atoms with Crippen LogP contribution in [0.15, 0.2) is 30.6 Å². The highest BCUT2D eigenvalue weighted by atomic mass is 15.2. The third kappa shape index (κ3) is 2.36. The van der Waals surface area contributed by atoms with E-state index in [2.05, 4.69) is 26.3 Å². The van der Waals surface area contributed by atoms with Crippen molar-refractivity contribution < 1.29 is 0 Å². The average Bonchev–Trinajstić information content (AvgIpc) is 3.24. The highest BCUT2D eigenvalue weighted by Gasteiger charge is 2.34. The van der Waals surface area contributed by atoms with E-state index in [1.165, 1.54) is 32.4 Å². The van der Waals surface area contributed by atoms with Gasteiger partial charge in [-0.3, -0.25) is 0 Å². The van der Waals surface area contributed by atoms with Crippen molar-refractivity contribution in [3.8, 4) is 0 Å². The standard InChI is InChI=1S/C16H20N4/c1-2-4-15-14(3-1)16(19-11-18-15)17-9-12-7-8-20(10-12)13-5-6-13/h1-4,11-13H,5-10H2,(H,17,18,19).